The summed E-state index contributed by atoms with van der Waals surface area (Å²) in [6, 6.07) is 2.54. The average molecular weight is 251 g/mol. The third-order valence-electron chi connectivity index (χ3n) is 2.96. The topological polar surface area (TPSA) is 37.3 Å². The molecule has 1 aromatic heterocycles. The molecular weight excluding hydrogens is 226 g/mol. The Balaban J connectivity index is 2.50. The fourth-order valence-electron chi connectivity index (χ4n) is 1.85. The van der Waals surface area contributed by atoms with Gasteiger partial charge in [-0.3, -0.25) is 4.79 Å². The largest absolute Gasteiger partial charge is 0.345 e. The molecule has 4 nitrogen and oxygen atoms in total. The maximum Gasteiger partial charge on any atom is 0.242 e. The SMILES string of the molecule is CCN(CC)C(=O)Cn1ccc(CNC(C)C)c1. The van der Waals surface area contributed by atoms with Gasteiger partial charge in [0.15, 0.2) is 0 Å². The lowest BCUT2D eigenvalue weighted by molar-refractivity contribution is -0.131. The number of aromatic nitrogens is 1. The average Bonchev–Trinajstić information content (AvgIpc) is 2.75. The minimum atomic E-state index is 0.180. The maximum atomic E-state index is 11.9. The van der Waals surface area contributed by atoms with E-state index in [9.17, 15) is 4.79 Å². The van der Waals surface area contributed by atoms with Gasteiger partial charge in [0.05, 0.1) is 0 Å². The number of carbonyl (C=O) groups is 1. The van der Waals surface area contributed by atoms with Gasteiger partial charge in [-0.2, -0.15) is 0 Å². The normalized spacial score (nSPS) is 10.9. The lowest BCUT2D eigenvalue weighted by Gasteiger charge is -2.18. The van der Waals surface area contributed by atoms with E-state index >= 15 is 0 Å². The van der Waals surface area contributed by atoms with Gasteiger partial charge in [0.1, 0.15) is 6.54 Å². The van der Waals surface area contributed by atoms with E-state index in [0.717, 1.165) is 19.6 Å². The summed E-state index contributed by atoms with van der Waals surface area (Å²) in [4.78, 5) is 13.8. The van der Waals surface area contributed by atoms with Crippen LogP contribution in [-0.2, 0) is 17.9 Å². The van der Waals surface area contributed by atoms with E-state index in [4.69, 9.17) is 0 Å². The number of hydrogen-bond acceptors (Lipinski definition) is 2. The van der Waals surface area contributed by atoms with Crippen LogP contribution in [0.4, 0.5) is 0 Å². The third-order valence-corrected chi connectivity index (χ3v) is 2.96. The molecule has 4 heteroatoms. The van der Waals surface area contributed by atoms with Crippen LogP contribution in [0.1, 0.15) is 33.3 Å². The summed E-state index contributed by atoms with van der Waals surface area (Å²) in [7, 11) is 0. The molecule has 0 aromatic carbocycles. The molecule has 0 aliphatic rings. The highest BCUT2D eigenvalue weighted by atomic mass is 16.2. The van der Waals surface area contributed by atoms with E-state index in [1.807, 2.05) is 35.7 Å². The molecule has 1 amide bonds. The molecule has 1 heterocycles. The lowest BCUT2D eigenvalue weighted by Crippen LogP contribution is -2.33. The van der Waals surface area contributed by atoms with Crippen molar-refractivity contribution in [2.75, 3.05) is 13.1 Å². The summed E-state index contributed by atoms with van der Waals surface area (Å²) in [5, 5.41) is 3.36. The molecule has 0 fully saturated rings. The zero-order valence-corrected chi connectivity index (χ0v) is 11.9. The second-order valence-corrected chi connectivity index (χ2v) is 4.79. The Hall–Kier alpha value is -1.29. The fourth-order valence-corrected chi connectivity index (χ4v) is 1.85. The molecule has 0 spiro atoms. The predicted octanol–water partition coefficient (Wildman–Crippen LogP) is 1.85. The summed E-state index contributed by atoms with van der Waals surface area (Å²) in [6.07, 6.45) is 4.01. The quantitative estimate of drug-likeness (QED) is 0.803. The number of amides is 1. The zero-order chi connectivity index (χ0) is 13.5. The second-order valence-electron chi connectivity index (χ2n) is 4.79. The molecule has 1 rings (SSSR count). The Morgan fingerprint density at radius 1 is 1.39 bits per heavy atom. The highest BCUT2D eigenvalue weighted by Gasteiger charge is 2.09. The summed E-state index contributed by atoms with van der Waals surface area (Å²) in [6.45, 7) is 11.1. The van der Waals surface area contributed by atoms with Crippen molar-refractivity contribution in [3.63, 3.8) is 0 Å². The molecule has 0 atom stereocenters. The third kappa shape index (κ3) is 4.53. The van der Waals surface area contributed by atoms with Crippen LogP contribution in [0.15, 0.2) is 18.5 Å². The standard InChI is InChI=1S/C14H25N3O/c1-5-17(6-2)14(18)11-16-8-7-13(10-16)9-15-12(3)4/h7-8,10,12,15H,5-6,9,11H2,1-4H3. The molecule has 18 heavy (non-hydrogen) atoms. The summed E-state index contributed by atoms with van der Waals surface area (Å²) in [5.41, 5.74) is 1.22. The molecule has 0 aliphatic heterocycles. The molecule has 0 bridgehead atoms. The first-order valence-electron chi connectivity index (χ1n) is 6.72. The van der Waals surface area contributed by atoms with Gasteiger partial charge in [0.25, 0.3) is 0 Å². The lowest BCUT2D eigenvalue weighted by atomic mass is 10.3. The van der Waals surface area contributed by atoms with Gasteiger partial charge in [-0.25, -0.2) is 0 Å². The molecule has 0 radical (unpaired) electrons. The van der Waals surface area contributed by atoms with Crippen molar-refractivity contribution in [1.82, 2.24) is 14.8 Å². The summed E-state index contributed by atoms with van der Waals surface area (Å²) < 4.78 is 1.96. The van der Waals surface area contributed by atoms with Crippen LogP contribution in [0.2, 0.25) is 0 Å². The van der Waals surface area contributed by atoms with Gasteiger partial charge in [0.2, 0.25) is 5.91 Å². The number of carbonyl (C=O) groups excluding carboxylic acids is 1. The first kappa shape index (κ1) is 14.8. The van der Waals surface area contributed by atoms with E-state index in [1.165, 1.54) is 5.56 Å². The molecular formula is C14H25N3O. The molecule has 0 saturated carbocycles. The van der Waals surface area contributed by atoms with Gasteiger partial charge in [0, 0.05) is 38.1 Å². The zero-order valence-electron chi connectivity index (χ0n) is 11.9. The van der Waals surface area contributed by atoms with E-state index in [2.05, 4.69) is 25.2 Å². The molecule has 0 unspecified atom stereocenters. The van der Waals surface area contributed by atoms with Crippen LogP contribution in [0, 0.1) is 0 Å². The number of hydrogen-bond donors (Lipinski definition) is 1. The van der Waals surface area contributed by atoms with Crippen LogP contribution >= 0.6 is 0 Å². The van der Waals surface area contributed by atoms with Gasteiger partial charge in [-0.15, -0.1) is 0 Å². The number of likely N-dealkylation sites (N-methyl/N-ethyl adjacent to an activating group) is 1. The van der Waals surface area contributed by atoms with Gasteiger partial charge in [-0.05, 0) is 25.5 Å². The predicted molar refractivity (Wildman–Crippen MR) is 74.3 cm³/mol. The Morgan fingerprint density at radius 3 is 2.61 bits per heavy atom. The Kier molecular flexibility index (Phi) is 5.92. The van der Waals surface area contributed by atoms with Crippen molar-refractivity contribution in [3.8, 4) is 0 Å². The number of nitrogens with zero attached hydrogens (tertiary/aromatic N) is 2. The van der Waals surface area contributed by atoms with E-state index in [-0.39, 0.29) is 5.91 Å². The highest BCUT2D eigenvalue weighted by Crippen LogP contribution is 2.03. The van der Waals surface area contributed by atoms with Gasteiger partial charge >= 0.3 is 0 Å². The monoisotopic (exact) mass is 251 g/mol. The Morgan fingerprint density at radius 2 is 2.06 bits per heavy atom. The maximum absolute atomic E-state index is 11.9. The van der Waals surface area contributed by atoms with Gasteiger partial charge < -0.3 is 14.8 Å². The van der Waals surface area contributed by atoms with Crippen molar-refractivity contribution < 1.29 is 4.79 Å². The second kappa shape index (κ2) is 7.21. The van der Waals surface area contributed by atoms with Crippen molar-refractivity contribution in [3.05, 3.63) is 24.0 Å². The Labute approximate surface area is 110 Å². The van der Waals surface area contributed by atoms with Crippen LogP contribution in [0.5, 0.6) is 0 Å². The van der Waals surface area contributed by atoms with Crippen molar-refractivity contribution in [2.24, 2.45) is 0 Å². The molecule has 1 N–H and O–H groups in total. The smallest absolute Gasteiger partial charge is 0.242 e. The molecule has 0 aliphatic carbocycles. The van der Waals surface area contributed by atoms with Crippen LogP contribution in [0.3, 0.4) is 0 Å². The van der Waals surface area contributed by atoms with E-state index in [1.54, 1.807) is 0 Å². The summed E-state index contributed by atoms with van der Waals surface area (Å²) in [5.74, 6) is 0.180. The fraction of sp³-hybridized carbons (Fsp3) is 0.643. The summed E-state index contributed by atoms with van der Waals surface area (Å²) >= 11 is 0. The van der Waals surface area contributed by atoms with Crippen molar-refractivity contribution >= 4 is 5.91 Å². The van der Waals surface area contributed by atoms with Crippen LogP contribution in [0.25, 0.3) is 0 Å². The number of rotatable bonds is 7. The molecule has 0 saturated heterocycles. The molecule has 102 valence electrons. The minimum absolute atomic E-state index is 0.180. The van der Waals surface area contributed by atoms with Crippen molar-refractivity contribution in [2.45, 2.75) is 46.8 Å². The van der Waals surface area contributed by atoms with E-state index < -0.39 is 0 Å². The number of nitrogens with one attached hydrogen (secondary N) is 1. The van der Waals surface area contributed by atoms with E-state index in [0.29, 0.717) is 12.6 Å². The highest BCUT2D eigenvalue weighted by molar-refractivity contribution is 5.75. The first-order valence-corrected chi connectivity index (χ1v) is 6.72. The van der Waals surface area contributed by atoms with Crippen LogP contribution < -0.4 is 5.32 Å². The van der Waals surface area contributed by atoms with Crippen LogP contribution in [-0.4, -0.2) is 34.5 Å². The first-order chi connectivity index (χ1) is 8.56. The van der Waals surface area contributed by atoms with Gasteiger partial charge in [-0.1, -0.05) is 13.8 Å². The Bertz CT molecular complexity index is 367. The van der Waals surface area contributed by atoms with Crippen molar-refractivity contribution in [1.29, 1.82) is 0 Å². The molecule has 1 aromatic rings. The minimum Gasteiger partial charge on any atom is -0.345 e.